The number of hydrogen-bond acceptors (Lipinski definition) is 6. The molecule has 0 saturated carbocycles. The van der Waals surface area contributed by atoms with Crippen LogP contribution in [0.1, 0.15) is 20.3 Å². The molecule has 0 radical (unpaired) electrons. The molecule has 27 heavy (non-hydrogen) atoms. The van der Waals surface area contributed by atoms with Crippen molar-refractivity contribution in [2.45, 2.75) is 30.6 Å². The molecular weight excluding hydrogens is 382 g/mol. The Morgan fingerprint density at radius 3 is 2.78 bits per heavy atom. The number of rotatable bonds is 7. The van der Waals surface area contributed by atoms with Crippen molar-refractivity contribution in [1.29, 1.82) is 0 Å². The van der Waals surface area contributed by atoms with Crippen LogP contribution in [0.4, 0.5) is 4.79 Å². The van der Waals surface area contributed by atoms with Crippen LogP contribution in [-0.2, 0) is 9.53 Å². The van der Waals surface area contributed by atoms with Crippen molar-refractivity contribution in [2.24, 2.45) is 0 Å². The van der Waals surface area contributed by atoms with E-state index in [-0.39, 0.29) is 12.1 Å². The summed E-state index contributed by atoms with van der Waals surface area (Å²) in [6.45, 7) is 3.98. The van der Waals surface area contributed by atoms with Crippen LogP contribution in [0.5, 0.6) is 0 Å². The summed E-state index contributed by atoms with van der Waals surface area (Å²) in [6.07, 6.45) is 0.616. The Morgan fingerprint density at radius 1 is 1.30 bits per heavy atom. The third kappa shape index (κ3) is 4.70. The number of thiazole rings is 1. The Morgan fingerprint density at radius 2 is 2.07 bits per heavy atom. The SMILES string of the molecule is CCOC(=O)C1=C(CSc2nc(-c3ccccc3)cs2)NC(=O)N[C@H]1CC. The van der Waals surface area contributed by atoms with Gasteiger partial charge in [0.1, 0.15) is 0 Å². The summed E-state index contributed by atoms with van der Waals surface area (Å²) in [7, 11) is 0. The number of nitrogens with one attached hydrogen (secondary N) is 2. The zero-order chi connectivity index (χ0) is 19.2. The highest BCUT2D eigenvalue weighted by Crippen LogP contribution is 2.30. The number of esters is 1. The number of aromatic nitrogens is 1. The van der Waals surface area contributed by atoms with Gasteiger partial charge in [0.25, 0.3) is 0 Å². The van der Waals surface area contributed by atoms with Gasteiger partial charge in [-0.15, -0.1) is 11.3 Å². The maximum Gasteiger partial charge on any atom is 0.337 e. The molecule has 1 aliphatic heterocycles. The molecule has 0 saturated heterocycles. The van der Waals surface area contributed by atoms with Gasteiger partial charge in [0.05, 0.1) is 23.9 Å². The van der Waals surface area contributed by atoms with Gasteiger partial charge in [-0.3, -0.25) is 0 Å². The average molecular weight is 404 g/mol. The molecule has 142 valence electrons. The molecule has 8 heteroatoms. The van der Waals surface area contributed by atoms with Crippen molar-refractivity contribution >= 4 is 35.1 Å². The minimum absolute atomic E-state index is 0.292. The molecule has 1 aromatic carbocycles. The smallest absolute Gasteiger partial charge is 0.337 e. The van der Waals surface area contributed by atoms with Gasteiger partial charge in [0.15, 0.2) is 4.34 Å². The highest BCUT2D eigenvalue weighted by molar-refractivity contribution is 8.01. The van der Waals surface area contributed by atoms with E-state index in [1.54, 1.807) is 18.3 Å². The predicted molar refractivity (Wildman–Crippen MR) is 108 cm³/mol. The van der Waals surface area contributed by atoms with Crippen LogP contribution >= 0.6 is 23.1 Å². The van der Waals surface area contributed by atoms with Gasteiger partial charge >= 0.3 is 12.0 Å². The van der Waals surface area contributed by atoms with E-state index in [1.807, 2.05) is 42.6 Å². The number of ether oxygens (including phenoxy) is 1. The molecule has 6 nitrogen and oxygen atoms in total. The van der Waals surface area contributed by atoms with Gasteiger partial charge in [0, 0.05) is 22.4 Å². The summed E-state index contributed by atoms with van der Waals surface area (Å²) >= 11 is 3.04. The van der Waals surface area contributed by atoms with Crippen LogP contribution in [0, 0.1) is 0 Å². The van der Waals surface area contributed by atoms with Crippen LogP contribution in [0.2, 0.25) is 0 Å². The first-order valence-corrected chi connectivity index (χ1v) is 10.6. The largest absolute Gasteiger partial charge is 0.463 e. The van der Waals surface area contributed by atoms with Gasteiger partial charge in [-0.05, 0) is 13.3 Å². The second kappa shape index (κ2) is 9.05. The van der Waals surface area contributed by atoms with Crippen LogP contribution in [0.15, 0.2) is 51.3 Å². The van der Waals surface area contributed by atoms with Crippen molar-refractivity contribution in [2.75, 3.05) is 12.4 Å². The standard InChI is InChI=1S/C19H21N3O3S2/c1-3-13-16(17(23)25-4-2)15(21-18(24)20-13)11-27-19-22-14(10-26-19)12-8-6-5-7-9-12/h5-10,13H,3-4,11H2,1-2H3,(H2,20,21,24)/t13-/m0/s1. The van der Waals surface area contributed by atoms with E-state index in [9.17, 15) is 9.59 Å². The Kier molecular flexibility index (Phi) is 6.52. The van der Waals surface area contributed by atoms with E-state index in [0.29, 0.717) is 30.1 Å². The summed E-state index contributed by atoms with van der Waals surface area (Å²) in [5.41, 5.74) is 3.06. The van der Waals surface area contributed by atoms with Gasteiger partial charge in [-0.2, -0.15) is 0 Å². The zero-order valence-corrected chi connectivity index (χ0v) is 16.8. The lowest BCUT2D eigenvalue weighted by atomic mass is 10.0. The second-order valence-electron chi connectivity index (χ2n) is 5.83. The molecule has 0 fully saturated rings. The zero-order valence-electron chi connectivity index (χ0n) is 15.2. The maximum atomic E-state index is 12.4. The number of carbonyl (C=O) groups is 2. The molecule has 0 aliphatic carbocycles. The molecule has 1 aliphatic rings. The molecular formula is C19H21N3O3S2. The fourth-order valence-electron chi connectivity index (χ4n) is 2.77. The molecule has 1 atom stereocenters. The van der Waals surface area contributed by atoms with Gasteiger partial charge in [0.2, 0.25) is 0 Å². The normalized spacial score (nSPS) is 16.7. The third-order valence-corrected chi connectivity index (χ3v) is 6.09. The molecule has 2 aromatic rings. The lowest BCUT2D eigenvalue weighted by Crippen LogP contribution is -2.50. The van der Waals surface area contributed by atoms with Crippen molar-refractivity contribution < 1.29 is 14.3 Å². The number of urea groups is 1. The Bertz CT molecular complexity index is 849. The number of nitrogens with zero attached hydrogens (tertiary/aromatic N) is 1. The lowest BCUT2D eigenvalue weighted by molar-refractivity contribution is -0.139. The van der Waals surface area contributed by atoms with Crippen molar-refractivity contribution in [3.05, 3.63) is 47.0 Å². The Hall–Kier alpha value is -2.32. The van der Waals surface area contributed by atoms with E-state index in [0.717, 1.165) is 15.6 Å². The van der Waals surface area contributed by atoms with Crippen LogP contribution < -0.4 is 10.6 Å². The number of thioether (sulfide) groups is 1. The number of benzene rings is 1. The fraction of sp³-hybridized carbons (Fsp3) is 0.316. The van der Waals surface area contributed by atoms with Crippen molar-refractivity contribution in [1.82, 2.24) is 15.6 Å². The minimum atomic E-state index is -0.392. The molecule has 2 N–H and O–H groups in total. The summed E-state index contributed by atoms with van der Waals surface area (Å²) in [4.78, 5) is 29.0. The molecule has 2 amide bonds. The fourth-order valence-corrected chi connectivity index (χ4v) is 4.58. The Labute approximate surface area is 166 Å². The topological polar surface area (TPSA) is 80.3 Å². The monoisotopic (exact) mass is 403 g/mol. The first-order chi connectivity index (χ1) is 13.1. The third-order valence-electron chi connectivity index (χ3n) is 4.04. The first-order valence-electron chi connectivity index (χ1n) is 8.73. The molecule has 0 unspecified atom stereocenters. The minimum Gasteiger partial charge on any atom is -0.463 e. The maximum absolute atomic E-state index is 12.4. The number of carbonyl (C=O) groups excluding carboxylic acids is 2. The predicted octanol–water partition coefficient (Wildman–Crippen LogP) is 3.81. The summed E-state index contributed by atoms with van der Waals surface area (Å²) in [6, 6.07) is 9.33. The van der Waals surface area contributed by atoms with Crippen LogP contribution in [0.3, 0.4) is 0 Å². The first kappa shape index (κ1) is 19.4. The van der Waals surface area contributed by atoms with Crippen molar-refractivity contribution in [3.63, 3.8) is 0 Å². The second-order valence-corrected chi connectivity index (χ2v) is 7.91. The average Bonchev–Trinajstić information content (AvgIpc) is 3.15. The number of hydrogen-bond donors (Lipinski definition) is 2. The van der Waals surface area contributed by atoms with Gasteiger partial charge < -0.3 is 15.4 Å². The van der Waals surface area contributed by atoms with Crippen molar-refractivity contribution in [3.8, 4) is 11.3 Å². The van der Waals surface area contributed by atoms with Crippen LogP contribution in [0.25, 0.3) is 11.3 Å². The highest BCUT2D eigenvalue weighted by atomic mass is 32.2. The summed E-state index contributed by atoms with van der Waals surface area (Å²) in [5.74, 6) is 0.0522. The molecule has 3 rings (SSSR count). The lowest BCUT2D eigenvalue weighted by Gasteiger charge is -2.28. The van der Waals surface area contributed by atoms with E-state index in [1.165, 1.54) is 11.8 Å². The molecule has 0 bridgehead atoms. The van der Waals surface area contributed by atoms with E-state index >= 15 is 0 Å². The van der Waals surface area contributed by atoms with E-state index in [2.05, 4.69) is 15.6 Å². The van der Waals surface area contributed by atoms with Crippen LogP contribution in [-0.4, -0.2) is 35.4 Å². The van der Waals surface area contributed by atoms with E-state index < -0.39 is 5.97 Å². The molecule has 0 spiro atoms. The molecule has 2 heterocycles. The summed E-state index contributed by atoms with van der Waals surface area (Å²) in [5, 5.41) is 7.55. The van der Waals surface area contributed by atoms with Gasteiger partial charge in [-0.25, -0.2) is 14.6 Å². The Balaban J connectivity index is 1.78. The quantitative estimate of drug-likeness (QED) is 0.543. The summed E-state index contributed by atoms with van der Waals surface area (Å²) < 4.78 is 6.06. The highest BCUT2D eigenvalue weighted by Gasteiger charge is 2.31. The number of amides is 2. The molecule has 1 aromatic heterocycles. The van der Waals surface area contributed by atoms with E-state index in [4.69, 9.17) is 4.74 Å². The van der Waals surface area contributed by atoms with Gasteiger partial charge in [-0.1, -0.05) is 49.0 Å².